The summed E-state index contributed by atoms with van der Waals surface area (Å²) >= 11 is 0. The predicted molar refractivity (Wildman–Crippen MR) is 413 cm³/mol. The SMILES string of the molecule is CC/C=C\C/C=C\C/C=C\C/C=C\C/C=C\C/C=C\C/C=C\CCCCCCCCCCCCCC(=O)OC(COC(=O)CCCCCCCCCCCCCCCCCCCCCCCC/C=C\C/C=C\C/C=C\C/C=C\C/C=C\C/C=C\CC)COP(=O)(O)OCCN. The molecule has 0 fully saturated rings. The van der Waals surface area contributed by atoms with Crippen LogP contribution in [0.4, 0.5) is 0 Å². The second-order valence-corrected chi connectivity index (χ2v) is 26.9. The lowest BCUT2D eigenvalue weighted by molar-refractivity contribution is -0.161. The number of ether oxygens (including phenoxy) is 2. The molecule has 0 saturated carbocycles. The molecule has 10 heteroatoms. The summed E-state index contributed by atoms with van der Waals surface area (Å²) in [5.41, 5.74) is 5.41. The summed E-state index contributed by atoms with van der Waals surface area (Å²) in [5, 5.41) is 0. The molecule has 542 valence electrons. The van der Waals surface area contributed by atoms with Crippen molar-refractivity contribution in [1.82, 2.24) is 0 Å². The third-order valence-electron chi connectivity index (χ3n) is 16.4. The van der Waals surface area contributed by atoms with Crippen LogP contribution in [-0.2, 0) is 32.7 Å². The van der Waals surface area contributed by atoms with Crippen molar-refractivity contribution in [2.45, 2.75) is 341 Å². The molecular formula is C85H144NO8P. The van der Waals surface area contributed by atoms with Crippen LogP contribution in [0.5, 0.6) is 0 Å². The van der Waals surface area contributed by atoms with Gasteiger partial charge in [-0.25, -0.2) is 4.57 Å². The molecule has 0 amide bonds. The zero-order valence-corrected chi connectivity index (χ0v) is 62.0. The zero-order chi connectivity index (χ0) is 68.6. The third-order valence-corrected chi connectivity index (χ3v) is 17.4. The van der Waals surface area contributed by atoms with Gasteiger partial charge < -0.3 is 20.1 Å². The van der Waals surface area contributed by atoms with E-state index in [9.17, 15) is 19.0 Å². The Kier molecular flexibility index (Phi) is 75.0. The Morgan fingerprint density at radius 3 is 0.811 bits per heavy atom. The number of nitrogens with two attached hydrogens (primary N) is 1. The Morgan fingerprint density at radius 1 is 0.316 bits per heavy atom. The van der Waals surface area contributed by atoms with Crippen LogP contribution >= 0.6 is 7.82 Å². The van der Waals surface area contributed by atoms with Gasteiger partial charge in [0.15, 0.2) is 6.10 Å². The average Bonchev–Trinajstić information content (AvgIpc) is 3.25. The van der Waals surface area contributed by atoms with Crippen molar-refractivity contribution in [2.75, 3.05) is 26.4 Å². The molecule has 0 aromatic carbocycles. The fourth-order valence-corrected chi connectivity index (χ4v) is 11.5. The van der Waals surface area contributed by atoms with E-state index in [1.54, 1.807) is 0 Å². The van der Waals surface area contributed by atoms with Crippen molar-refractivity contribution >= 4 is 19.8 Å². The van der Waals surface area contributed by atoms with E-state index in [-0.39, 0.29) is 38.6 Å². The largest absolute Gasteiger partial charge is 0.472 e. The maximum Gasteiger partial charge on any atom is 0.472 e. The second-order valence-electron chi connectivity index (χ2n) is 25.5. The monoisotopic (exact) mass is 1340 g/mol. The molecule has 9 nitrogen and oxygen atoms in total. The van der Waals surface area contributed by atoms with Crippen LogP contribution in [0.25, 0.3) is 0 Å². The highest BCUT2D eigenvalue weighted by molar-refractivity contribution is 7.47. The van der Waals surface area contributed by atoms with E-state index < -0.39 is 26.5 Å². The highest BCUT2D eigenvalue weighted by Gasteiger charge is 2.26. The van der Waals surface area contributed by atoms with E-state index in [0.717, 1.165) is 128 Å². The van der Waals surface area contributed by atoms with Crippen molar-refractivity contribution in [1.29, 1.82) is 0 Å². The summed E-state index contributed by atoms with van der Waals surface area (Å²) in [5.74, 6) is -0.826. The van der Waals surface area contributed by atoms with Gasteiger partial charge in [0.05, 0.1) is 13.2 Å². The molecule has 0 saturated heterocycles. The quantitative estimate of drug-likeness (QED) is 0.0264. The Balaban J connectivity index is 3.84. The number of esters is 2. The number of hydrogen-bond donors (Lipinski definition) is 2. The maximum atomic E-state index is 12.8. The highest BCUT2D eigenvalue weighted by atomic mass is 31.2. The standard InChI is InChI=1S/C85H144NO8P/c1-3-5-7-9-11-13-15-17-19-21-23-25-27-29-31-33-35-37-38-39-40-41-42-43-44-46-47-49-51-53-55-57-59-61-63-65-67-69-71-73-75-77-84(87)91-81-83(82-93-95(89,90)92-80-79-86)94-85(88)78-76-74-72-70-68-66-64-62-60-58-56-54-52-50-48-45-36-34-32-30-28-26-24-22-20-18-16-14-12-10-8-6-4-2/h5-8,11-14,17-20,23-26,29-32,35-37,45,50,52,83H,3-4,9-10,15-16,21-22,27-28,33-34,38-44,46-49,51,53-82,86H2,1-2H3,(H,89,90)/b7-5-,8-6-,13-11-,14-12-,19-17-,20-18-,25-23-,26-24-,31-29-,32-30-,37-35-,45-36-,52-50-. The van der Waals surface area contributed by atoms with E-state index in [1.165, 1.54) is 173 Å². The van der Waals surface area contributed by atoms with E-state index in [0.29, 0.717) is 6.42 Å². The Hall–Kier alpha value is -4.37. The molecule has 0 bridgehead atoms. The molecule has 0 aromatic rings. The normalized spacial score (nSPS) is 13.8. The van der Waals surface area contributed by atoms with E-state index >= 15 is 0 Å². The van der Waals surface area contributed by atoms with Crippen molar-refractivity contribution in [3.8, 4) is 0 Å². The van der Waals surface area contributed by atoms with Crippen molar-refractivity contribution in [3.05, 3.63) is 158 Å². The van der Waals surface area contributed by atoms with Crippen LogP contribution in [0.2, 0.25) is 0 Å². The van der Waals surface area contributed by atoms with Gasteiger partial charge in [-0.1, -0.05) is 358 Å². The number of carbonyl (C=O) groups excluding carboxylic acids is 2. The van der Waals surface area contributed by atoms with Crippen LogP contribution in [0.15, 0.2) is 158 Å². The Morgan fingerprint density at radius 2 is 0.547 bits per heavy atom. The summed E-state index contributed by atoms with van der Waals surface area (Å²) in [4.78, 5) is 35.5. The third kappa shape index (κ3) is 78.5. The van der Waals surface area contributed by atoms with Gasteiger partial charge >= 0.3 is 19.8 Å². The minimum Gasteiger partial charge on any atom is -0.462 e. The number of carbonyl (C=O) groups is 2. The van der Waals surface area contributed by atoms with Gasteiger partial charge in [0.25, 0.3) is 0 Å². The molecule has 0 heterocycles. The second kappa shape index (κ2) is 78.6. The molecule has 0 aliphatic rings. The fourth-order valence-electron chi connectivity index (χ4n) is 10.7. The van der Waals surface area contributed by atoms with Crippen molar-refractivity contribution in [2.24, 2.45) is 5.73 Å². The van der Waals surface area contributed by atoms with Gasteiger partial charge in [0, 0.05) is 19.4 Å². The fraction of sp³-hybridized carbons (Fsp3) is 0.671. The molecule has 3 N–H and O–H groups in total. The van der Waals surface area contributed by atoms with Gasteiger partial charge in [-0.15, -0.1) is 0 Å². The number of allylic oxidation sites excluding steroid dienone is 26. The molecule has 2 unspecified atom stereocenters. The lowest BCUT2D eigenvalue weighted by atomic mass is 10.0. The smallest absolute Gasteiger partial charge is 0.462 e. The first-order valence-corrected chi connectivity index (χ1v) is 40.5. The van der Waals surface area contributed by atoms with Crippen molar-refractivity contribution in [3.63, 3.8) is 0 Å². The van der Waals surface area contributed by atoms with Gasteiger partial charge in [0.2, 0.25) is 0 Å². The minimum atomic E-state index is -4.40. The topological polar surface area (TPSA) is 134 Å². The van der Waals surface area contributed by atoms with E-state index in [2.05, 4.69) is 172 Å². The molecule has 0 aliphatic carbocycles. The molecule has 0 radical (unpaired) electrons. The molecule has 0 rings (SSSR count). The van der Waals surface area contributed by atoms with Crippen LogP contribution in [0, 0.1) is 0 Å². The molecule has 0 aliphatic heterocycles. The molecule has 0 aromatic heterocycles. The first kappa shape index (κ1) is 90.6. The summed E-state index contributed by atoms with van der Waals surface area (Å²) in [7, 11) is -4.40. The van der Waals surface area contributed by atoms with Gasteiger partial charge in [-0.05, 0) is 122 Å². The first-order chi connectivity index (χ1) is 46.8. The average molecular weight is 1340 g/mol. The Bertz CT molecular complexity index is 2120. The minimum absolute atomic E-state index is 0.0482. The van der Waals surface area contributed by atoms with Gasteiger partial charge in [-0.2, -0.15) is 0 Å². The van der Waals surface area contributed by atoms with E-state index in [1.807, 2.05) is 0 Å². The molecular weight excluding hydrogens is 1190 g/mol. The van der Waals surface area contributed by atoms with Crippen LogP contribution in [0.3, 0.4) is 0 Å². The zero-order valence-electron chi connectivity index (χ0n) is 61.1. The summed E-state index contributed by atoms with van der Waals surface area (Å²) in [6, 6.07) is 0. The molecule has 2 atom stereocenters. The molecule has 95 heavy (non-hydrogen) atoms. The number of hydrogen-bond acceptors (Lipinski definition) is 8. The van der Waals surface area contributed by atoms with Crippen LogP contribution in [-0.4, -0.2) is 49.3 Å². The lowest BCUT2D eigenvalue weighted by Crippen LogP contribution is -2.29. The summed E-state index contributed by atoms with van der Waals surface area (Å²) in [6.45, 7) is 3.54. The van der Waals surface area contributed by atoms with Gasteiger partial charge in [0.1, 0.15) is 6.61 Å². The summed E-state index contributed by atoms with van der Waals surface area (Å²) in [6.07, 6.45) is 115. The number of phosphoric acid groups is 1. The summed E-state index contributed by atoms with van der Waals surface area (Å²) < 4.78 is 33.3. The van der Waals surface area contributed by atoms with Gasteiger partial charge in [-0.3, -0.25) is 18.6 Å². The van der Waals surface area contributed by atoms with E-state index in [4.69, 9.17) is 24.3 Å². The van der Waals surface area contributed by atoms with Crippen LogP contribution < -0.4 is 5.73 Å². The number of rotatable bonds is 72. The van der Waals surface area contributed by atoms with Crippen LogP contribution in [0.1, 0.15) is 335 Å². The highest BCUT2D eigenvalue weighted by Crippen LogP contribution is 2.43. The number of unbranched alkanes of at least 4 members (excludes halogenated alkanes) is 33. The Labute approximate surface area is 585 Å². The first-order valence-electron chi connectivity index (χ1n) is 39.0. The molecule has 0 spiro atoms. The number of phosphoric ester groups is 1. The lowest BCUT2D eigenvalue weighted by Gasteiger charge is -2.19. The maximum absolute atomic E-state index is 12.8. The predicted octanol–water partition coefficient (Wildman–Crippen LogP) is 26.3. The van der Waals surface area contributed by atoms with Crippen molar-refractivity contribution < 1.29 is 37.6 Å².